The second-order valence-electron chi connectivity index (χ2n) is 4.87. The first kappa shape index (κ1) is 16.0. The fraction of sp³-hybridized carbons (Fsp3) is 0.400. The number of rotatable bonds is 6. The van der Waals surface area contributed by atoms with E-state index in [0.29, 0.717) is 22.4 Å². The van der Waals surface area contributed by atoms with Gasteiger partial charge >= 0.3 is 5.97 Å². The zero-order valence-corrected chi connectivity index (χ0v) is 13.1. The molecule has 0 amide bonds. The molecule has 0 saturated carbocycles. The van der Waals surface area contributed by atoms with Crippen LogP contribution in [-0.4, -0.2) is 42.2 Å². The minimum absolute atomic E-state index is 0.408. The van der Waals surface area contributed by atoms with Crippen LogP contribution >= 0.6 is 15.9 Å². The van der Waals surface area contributed by atoms with Crippen LogP contribution in [0.25, 0.3) is 6.08 Å². The molecule has 0 atom stereocenters. The number of likely N-dealkylation sites (tertiary alicyclic amines) is 1. The third-order valence-electron chi connectivity index (χ3n) is 3.30. The maximum absolute atomic E-state index is 13.4. The van der Waals surface area contributed by atoms with Crippen molar-refractivity contribution in [3.63, 3.8) is 0 Å². The highest BCUT2D eigenvalue weighted by atomic mass is 79.9. The van der Waals surface area contributed by atoms with Crippen LogP contribution in [0.2, 0.25) is 0 Å². The molecule has 0 unspecified atom stereocenters. The lowest BCUT2D eigenvalue weighted by molar-refractivity contribution is -0.131. The van der Waals surface area contributed by atoms with Gasteiger partial charge in [-0.3, -0.25) is 4.90 Å². The number of carboxylic acids is 1. The normalized spacial score (nSPS) is 15.7. The molecular formula is C15H17BrFNO3. The summed E-state index contributed by atoms with van der Waals surface area (Å²) in [5.74, 6) is -1.06. The average Bonchev–Trinajstić information content (AvgIpc) is 2.92. The van der Waals surface area contributed by atoms with Crippen LogP contribution in [0.1, 0.15) is 18.4 Å². The van der Waals surface area contributed by atoms with Gasteiger partial charge in [-0.15, -0.1) is 0 Å². The van der Waals surface area contributed by atoms with Crippen LogP contribution in [0.5, 0.6) is 5.75 Å². The van der Waals surface area contributed by atoms with Crippen molar-refractivity contribution in [3.8, 4) is 5.75 Å². The fourth-order valence-electron chi connectivity index (χ4n) is 2.30. The molecule has 1 aromatic carbocycles. The maximum atomic E-state index is 13.4. The van der Waals surface area contributed by atoms with E-state index in [1.165, 1.54) is 31.1 Å². The Hall–Kier alpha value is -1.40. The van der Waals surface area contributed by atoms with E-state index in [9.17, 15) is 9.18 Å². The minimum Gasteiger partial charge on any atom is -0.490 e. The summed E-state index contributed by atoms with van der Waals surface area (Å²) in [5.41, 5.74) is 0.408. The van der Waals surface area contributed by atoms with Crippen molar-refractivity contribution in [1.82, 2.24) is 4.90 Å². The van der Waals surface area contributed by atoms with Gasteiger partial charge in [0.15, 0.2) is 0 Å². The lowest BCUT2D eigenvalue weighted by Crippen LogP contribution is -2.25. The van der Waals surface area contributed by atoms with Gasteiger partial charge in [0.25, 0.3) is 0 Å². The molecule has 1 aliphatic heterocycles. The van der Waals surface area contributed by atoms with Crippen LogP contribution in [0.4, 0.5) is 4.39 Å². The molecule has 1 aromatic rings. The molecule has 21 heavy (non-hydrogen) atoms. The van der Waals surface area contributed by atoms with Crippen molar-refractivity contribution in [3.05, 3.63) is 34.1 Å². The summed E-state index contributed by atoms with van der Waals surface area (Å²) >= 11 is 3.26. The number of carbonyl (C=O) groups is 1. The first-order chi connectivity index (χ1) is 10.1. The number of aliphatic carboxylic acids is 1. The number of carboxylic acid groups (broad SMARTS) is 1. The maximum Gasteiger partial charge on any atom is 0.328 e. The summed E-state index contributed by atoms with van der Waals surface area (Å²) in [7, 11) is 0. The molecule has 0 aromatic heterocycles. The molecule has 0 aliphatic carbocycles. The SMILES string of the molecule is O=C(O)/C=C/c1cc(F)cc(Br)c1OCCN1CCCC1. The molecular weight excluding hydrogens is 341 g/mol. The van der Waals surface area contributed by atoms with Gasteiger partial charge in [-0.2, -0.15) is 0 Å². The molecule has 0 radical (unpaired) electrons. The topological polar surface area (TPSA) is 49.8 Å². The molecule has 1 aliphatic rings. The summed E-state index contributed by atoms with van der Waals surface area (Å²) in [5, 5.41) is 8.68. The van der Waals surface area contributed by atoms with Crippen molar-refractivity contribution in [2.24, 2.45) is 0 Å². The molecule has 0 spiro atoms. The monoisotopic (exact) mass is 357 g/mol. The molecule has 114 valence electrons. The minimum atomic E-state index is -1.08. The average molecular weight is 358 g/mol. The van der Waals surface area contributed by atoms with Gasteiger partial charge in [0.05, 0.1) is 4.47 Å². The Balaban J connectivity index is 2.06. The Labute approximate surface area is 131 Å². The Morgan fingerprint density at radius 1 is 1.43 bits per heavy atom. The molecule has 1 saturated heterocycles. The van der Waals surface area contributed by atoms with E-state index < -0.39 is 11.8 Å². The summed E-state index contributed by atoms with van der Waals surface area (Å²) in [6.45, 7) is 3.46. The molecule has 2 rings (SSSR count). The Kier molecular flexibility index (Phi) is 5.76. The van der Waals surface area contributed by atoms with Crippen molar-refractivity contribution < 1.29 is 19.0 Å². The van der Waals surface area contributed by atoms with Gasteiger partial charge < -0.3 is 9.84 Å². The summed E-state index contributed by atoms with van der Waals surface area (Å²) in [6, 6.07) is 2.57. The number of hydrogen-bond donors (Lipinski definition) is 1. The molecule has 0 bridgehead atoms. The smallest absolute Gasteiger partial charge is 0.328 e. The lowest BCUT2D eigenvalue weighted by atomic mass is 10.2. The van der Waals surface area contributed by atoms with Crippen LogP contribution in [0.15, 0.2) is 22.7 Å². The molecule has 1 fully saturated rings. The largest absolute Gasteiger partial charge is 0.490 e. The summed E-state index contributed by atoms with van der Waals surface area (Å²) in [6.07, 6.45) is 4.73. The van der Waals surface area contributed by atoms with Gasteiger partial charge in [-0.1, -0.05) is 0 Å². The molecule has 1 N–H and O–H groups in total. The van der Waals surface area contributed by atoms with E-state index in [-0.39, 0.29) is 0 Å². The van der Waals surface area contributed by atoms with E-state index in [4.69, 9.17) is 9.84 Å². The summed E-state index contributed by atoms with van der Waals surface area (Å²) < 4.78 is 19.6. The van der Waals surface area contributed by atoms with Gasteiger partial charge in [0.1, 0.15) is 18.2 Å². The Morgan fingerprint density at radius 3 is 2.81 bits per heavy atom. The van der Waals surface area contributed by atoms with Gasteiger partial charge in [-0.25, -0.2) is 9.18 Å². The summed E-state index contributed by atoms with van der Waals surface area (Å²) in [4.78, 5) is 12.9. The van der Waals surface area contributed by atoms with Crippen LogP contribution in [-0.2, 0) is 4.79 Å². The standard InChI is InChI=1S/C15H17BrFNO3/c16-13-10-12(17)9-11(3-4-14(19)20)15(13)21-8-7-18-5-1-2-6-18/h3-4,9-10H,1-2,5-8H2,(H,19,20)/b4-3+. The number of benzene rings is 1. The van der Waals surface area contributed by atoms with Crippen LogP contribution < -0.4 is 4.74 Å². The van der Waals surface area contributed by atoms with Crippen LogP contribution in [0, 0.1) is 5.82 Å². The number of halogens is 2. The van der Waals surface area contributed by atoms with E-state index >= 15 is 0 Å². The van der Waals surface area contributed by atoms with E-state index in [1.807, 2.05) is 0 Å². The Morgan fingerprint density at radius 2 is 2.14 bits per heavy atom. The van der Waals surface area contributed by atoms with Crippen molar-refractivity contribution in [2.45, 2.75) is 12.8 Å². The third kappa shape index (κ3) is 4.82. The zero-order chi connectivity index (χ0) is 15.2. The second-order valence-corrected chi connectivity index (χ2v) is 5.73. The van der Waals surface area contributed by atoms with Crippen molar-refractivity contribution >= 4 is 28.0 Å². The van der Waals surface area contributed by atoms with Gasteiger partial charge in [0.2, 0.25) is 0 Å². The lowest BCUT2D eigenvalue weighted by Gasteiger charge is -2.16. The highest BCUT2D eigenvalue weighted by molar-refractivity contribution is 9.10. The third-order valence-corrected chi connectivity index (χ3v) is 3.88. The molecule has 4 nitrogen and oxygen atoms in total. The number of nitrogens with zero attached hydrogens (tertiary/aromatic N) is 1. The Bertz CT molecular complexity index is 542. The van der Waals surface area contributed by atoms with Crippen molar-refractivity contribution in [2.75, 3.05) is 26.2 Å². The first-order valence-electron chi connectivity index (χ1n) is 6.81. The number of ether oxygens (including phenoxy) is 1. The quantitative estimate of drug-likeness (QED) is 0.794. The van der Waals surface area contributed by atoms with Gasteiger partial charge in [-0.05, 0) is 60.1 Å². The van der Waals surface area contributed by atoms with E-state index in [1.54, 1.807) is 0 Å². The fourth-order valence-corrected chi connectivity index (χ4v) is 2.86. The van der Waals surface area contributed by atoms with Gasteiger partial charge in [0, 0.05) is 18.2 Å². The highest BCUT2D eigenvalue weighted by Crippen LogP contribution is 2.31. The highest BCUT2D eigenvalue weighted by Gasteiger charge is 2.13. The van der Waals surface area contributed by atoms with Crippen molar-refractivity contribution in [1.29, 1.82) is 0 Å². The molecule has 6 heteroatoms. The predicted molar refractivity (Wildman–Crippen MR) is 81.9 cm³/mol. The second kappa shape index (κ2) is 7.56. The van der Waals surface area contributed by atoms with Crippen LogP contribution in [0.3, 0.4) is 0 Å². The first-order valence-corrected chi connectivity index (χ1v) is 7.61. The van der Waals surface area contributed by atoms with E-state index in [0.717, 1.165) is 25.7 Å². The van der Waals surface area contributed by atoms with E-state index in [2.05, 4.69) is 20.8 Å². The predicted octanol–water partition coefficient (Wildman–Crippen LogP) is 3.16. The number of hydrogen-bond acceptors (Lipinski definition) is 3. The zero-order valence-electron chi connectivity index (χ0n) is 11.5. The molecule has 1 heterocycles.